The van der Waals surface area contributed by atoms with E-state index in [0.29, 0.717) is 13.0 Å². The van der Waals surface area contributed by atoms with Crippen molar-refractivity contribution in [3.8, 4) is 0 Å². The normalized spacial score (nSPS) is 17.1. The Morgan fingerprint density at radius 1 is 1.15 bits per heavy atom. The smallest absolute Gasteiger partial charge is 0.245 e. The first-order valence-corrected chi connectivity index (χ1v) is 9.78. The van der Waals surface area contributed by atoms with Crippen LogP contribution in [0.1, 0.15) is 25.8 Å². The Balaban J connectivity index is 1.81. The van der Waals surface area contributed by atoms with Crippen LogP contribution < -0.4 is 5.32 Å². The fraction of sp³-hybridized carbons (Fsp3) is 0.524. The second-order valence-electron chi connectivity index (χ2n) is 7.76. The van der Waals surface area contributed by atoms with E-state index in [1.165, 1.54) is 0 Å². The summed E-state index contributed by atoms with van der Waals surface area (Å²) in [7, 11) is 2.08. The molecule has 2 aromatic rings. The molecular formula is C21H30N4O2. The lowest BCUT2D eigenvalue weighted by atomic mass is 10.0. The third-order valence-electron chi connectivity index (χ3n) is 5.27. The summed E-state index contributed by atoms with van der Waals surface area (Å²) in [5.41, 5.74) is 2.10. The van der Waals surface area contributed by atoms with Crippen LogP contribution in [0.5, 0.6) is 0 Å². The fourth-order valence-electron chi connectivity index (χ4n) is 3.55. The average molecular weight is 370 g/mol. The number of H-pyrrole nitrogens is 1. The van der Waals surface area contributed by atoms with Crippen molar-refractivity contribution in [2.24, 2.45) is 5.92 Å². The van der Waals surface area contributed by atoms with Crippen LogP contribution in [0, 0.1) is 5.92 Å². The topological polar surface area (TPSA) is 68.4 Å². The highest BCUT2D eigenvalue weighted by Crippen LogP contribution is 2.20. The lowest BCUT2D eigenvalue weighted by Crippen LogP contribution is -2.51. The van der Waals surface area contributed by atoms with Gasteiger partial charge in [-0.2, -0.15) is 0 Å². The molecule has 0 radical (unpaired) electrons. The Labute approximate surface area is 160 Å². The van der Waals surface area contributed by atoms with Gasteiger partial charge in [-0.1, -0.05) is 32.0 Å². The molecular weight excluding hydrogens is 340 g/mol. The molecule has 3 rings (SSSR count). The maximum absolute atomic E-state index is 13.3. The SMILES string of the molecule is CC(C)C(=O)NC(Cc1c[nH]c2ccccc12)C(=O)N1CCCN(C)CC1. The Morgan fingerprint density at radius 3 is 2.70 bits per heavy atom. The predicted molar refractivity (Wildman–Crippen MR) is 107 cm³/mol. The van der Waals surface area contributed by atoms with E-state index in [2.05, 4.69) is 22.2 Å². The molecule has 1 aromatic heterocycles. The molecule has 6 nitrogen and oxygen atoms in total. The molecule has 0 saturated carbocycles. The number of rotatable bonds is 5. The Bertz CT molecular complexity index is 798. The number of para-hydroxylation sites is 1. The van der Waals surface area contributed by atoms with Crippen molar-refractivity contribution in [2.45, 2.75) is 32.7 Å². The Morgan fingerprint density at radius 2 is 1.93 bits per heavy atom. The van der Waals surface area contributed by atoms with Crippen LogP contribution in [0.25, 0.3) is 10.9 Å². The van der Waals surface area contributed by atoms with Crippen molar-refractivity contribution >= 4 is 22.7 Å². The van der Waals surface area contributed by atoms with Gasteiger partial charge in [-0.3, -0.25) is 9.59 Å². The standard InChI is InChI=1S/C21H30N4O2/c1-15(2)20(26)23-19(21(27)25-10-6-9-24(3)11-12-25)13-16-14-22-18-8-5-4-7-17(16)18/h4-5,7-8,14-15,19,22H,6,9-13H2,1-3H3,(H,23,26). The molecule has 6 heteroatoms. The second-order valence-corrected chi connectivity index (χ2v) is 7.76. The van der Waals surface area contributed by atoms with E-state index in [-0.39, 0.29) is 17.7 Å². The average Bonchev–Trinajstić information content (AvgIpc) is 2.93. The number of hydrogen-bond donors (Lipinski definition) is 2. The van der Waals surface area contributed by atoms with Gasteiger partial charge in [0.05, 0.1) is 0 Å². The van der Waals surface area contributed by atoms with Crippen LogP contribution in [0.2, 0.25) is 0 Å². The van der Waals surface area contributed by atoms with Crippen LogP contribution in [0.15, 0.2) is 30.5 Å². The van der Waals surface area contributed by atoms with Gasteiger partial charge in [-0.15, -0.1) is 0 Å². The molecule has 2 N–H and O–H groups in total. The molecule has 1 fully saturated rings. The minimum atomic E-state index is -0.539. The molecule has 1 aliphatic rings. The van der Waals surface area contributed by atoms with Gasteiger partial charge in [0.15, 0.2) is 0 Å². The molecule has 0 aliphatic carbocycles. The number of aromatic nitrogens is 1. The Kier molecular flexibility index (Phi) is 6.16. The predicted octanol–water partition coefficient (Wildman–Crippen LogP) is 2.02. The van der Waals surface area contributed by atoms with Crippen molar-refractivity contribution in [1.29, 1.82) is 0 Å². The zero-order chi connectivity index (χ0) is 19.4. The first kappa shape index (κ1) is 19.4. The fourth-order valence-corrected chi connectivity index (χ4v) is 3.55. The largest absolute Gasteiger partial charge is 0.361 e. The summed E-state index contributed by atoms with van der Waals surface area (Å²) in [5.74, 6) is -0.219. The van der Waals surface area contributed by atoms with Gasteiger partial charge in [0, 0.05) is 49.1 Å². The second kappa shape index (κ2) is 8.57. The quantitative estimate of drug-likeness (QED) is 0.846. The minimum Gasteiger partial charge on any atom is -0.361 e. The van der Waals surface area contributed by atoms with Gasteiger partial charge >= 0.3 is 0 Å². The summed E-state index contributed by atoms with van der Waals surface area (Å²) in [6, 6.07) is 7.51. The van der Waals surface area contributed by atoms with Gasteiger partial charge < -0.3 is 20.1 Å². The molecule has 146 valence electrons. The number of hydrogen-bond acceptors (Lipinski definition) is 3. The van der Waals surface area contributed by atoms with Gasteiger partial charge in [0.25, 0.3) is 0 Å². The molecule has 27 heavy (non-hydrogen) atoms. The summed E-state index contributed by atoms with van der Waals surface area (Å²) >= 11 is 0. The van der Waals surface area contributed by atoms with Gasteiger partial charge in [0.1, 0.15) is 6.04 Å². The van der Waals surface area contributed by atoms with Crippen LogP contribution in [0.3, 0.4) is 0 Å². The van der Waals surface area contributed by atoms with E-state index < -0.39 is 6.04 Å². The van der Waals surface area contributed by atoms with Crippen molar-refractivity contribution in [3.63, 3.8) is 0 Å². The number of nitrogens with zero attached hydrogens (tertiary/aromatic N) is 2. The first-order chi connectivity index (χ1) is 13.0. The molecule has 1 atom stereocenters. The zero-order valence-electron chi connectivity index (χ0n) is 16.5. The van der Waals surface area contributed by atoms with E-state index in [0.717, 1.165) is 42.5 Å². The molecule has 0 bridgehead atoms. The number of benzene rings is 1. The van der Waals surface area contributed by atoms with Gasteiger partial charge in [-0.05, 0) is 31.6 Å². The van der Waals surface area contributed by atoms with Crippen LogP contribution in [-0.4, -0.2) is 65.9 Å². The van der Waals surface area contributed by atoms with Crippen LogP contribution in [-0.2, 0) is 16.0 Å². The number of aromatic amines is 1. The van der Waals surface area contributed by atoms with Crippen LogP contribution in [0.4, 0.5) is 0 Å². The lowest BCUT2D eigenvalue weighted by molar-refractivity contribution is -0.137. The molecule has 2 amide bonds. The summed E-state index contributed by atoms with van der Waals surface area (Å²) in [4.78, 5) is 33.0. The number of carbonyl (C=O) groups is 2. The summed E-state index contributed by atoms with van der Waals surface area (Å²) < 4.78 is 0. The monoisotopic (exact) mass is 370 g/mol. The number of amides is 2. The van der Waals surface area contributed by atoms with Crippen LogP contribution >= 0.6 is 0 Å². The van der Waals surface area contributed by atoms with Crippen molar-refractivity contribution in [3.05, 3.63) is 36.0 Å². The molecule has 0 spiro atoms. The van der Waals surface area contributed by atoms with Crippen molar-refractivity contribution < 1.29 is 9.59 Å². The van der Waals surface area contributed by atoms with Crippen molar-refractivity contribution in [1.82, 2.24) is 20.1 Å². The molecule has 1 saturated heterocycles. The minimum absolute atomic E-state index is 0.0181. The maximum Gasteiger partial charge on any atom is 0.245 e. The summed E-state index contributed by atoms with van der Waals surface area (Å²) in [5, 5.41) is 4.09. The van der Waals surface area contributed by atoms with Crippen molar-refractivity contribution in [2.75, 3.05) is 33.2 Å². The van der Waals surface area contributed by atoms with E-state index in [1.807, 2.05) is 49.2 Å². The highest BCUT2D eigenvalue weighted by Gasteiger charge is 2.28. The first-order valence-electron chi connectivity index (χ1n) is 9.78. The van der Waals surface area contributed by atoms with Gasteiger partial charge in [0.2, 0.25) is 11.8 Å². The molecule has 2 heterocycles. The highest BCUT2D eigenvalue weighted by molar-refractivity contribution is 5.90. The third-order valence-corrected chi connectivity index (χ3v) is 5.27. The van der Waals surface area contributed by atoms with E-state index in [9.17, 15) is 9.59 Å². The van der Waals surface area contributed by atoms with E-state index >= 15 is 0 Å². The number of carbonyl (C=O) groups excluding carboxylic acids is 2. The number of fused-ring (bicyclic) bond motifs is 1. The number of nitrogens with one attached hydrogen (secondary N) is 2. The third kappa shape index (κ3) is 4.69. The lowest BCUT2D eigenvalue weighted by Gasteiger charge is -2.27. The van der Waals surface area contributed by atoms with E-state index in [1.54, 1.807) is 0 Å². The Hall–Kier alpha value is -2.34. The summed E-state index contributed by atoms with van der Waals surface area (Å²) in [6.45, 7) is 7.01. The molecule has 1 unspecified atom stereocenters. The summed E-state index contributed by atoms with van der Waals surface area (Å²) in [6.07, 6.45) is 3.40. The number of likely N-dealkylation sites (N-methyl/N-ethyl adjacent to an activating group) is 1. The molecule has 1 aromatic carbocycles. The van der Waals surface area contributed by atoms with Gasteiger partial charge in [-0.25, -0.2) is 0 Å². The highest BCUT2D eigenvalue weighted by atomic mass is 16.2. The zero-order valence-corrected chi connectivity index (χ0v) is 16.5. The maximum atomic E-state index is 13.3. The molecule has 1 aliphatic heterocycles. The van der Waals surface area contributed by atoms with E-state index in [4.69, 9.17) is 0 Å².